The molecule has 6 N–H and O–H groups in total. The molecule has 5 aromatic rings. The van der Waals surface area contributed by atoms with E-state index < -0.39 is 34.8 Å². The third-order valence-electron chi connectivity index (χ3n) is 9.31. The Hall–Kier alpha value is -7.69. The number of pyridine rings is 1. The van der Waals surface area contributed by atoms with Gasteiger partial charge in [-0.15, -0.1) is 12.6 Å². The molecule has 19 nitrogen and oxygen atoms in total. The van der Waals surface area contributed by atoms with Crippen molar-refractivity contribution in [3.63, 3.8) is 0 Å². The van der Waals surface area contributed by atoms with Gasteiger partial charge in [0.25, 0.3) is 11.8 Å². The van der Waals surface area contributed by atoms with Crippen LogP contribution in [-0.2, 0) is 38.1 Å². The van der Waals surface area contributed by atoms with Gasteiger partial charge in [0.2, 0.25) is 5.91 Å². The second kappa shape index (κ2) is 24.2. The SMILES string of the molecule is CN1Cc2cc(C(=O)N(CCCCCCNC(=O)c3ccc(N/N=C/c4ccccc4)nc3)Cc3nc4ccccc4[nH]3)ccc2N[C@@H](CC(=O)O)C1=O.O=C(O)C(F)(F)F.O=S(=O)=O. The van der Waals surface area contributed by atoms with Gasteiger partial charge in [-0.25, -0.2) is 14.8 Å². The Morgan fingerprint density at radius 3 is 2.25 bits per heavy atom. The van der Waals surface area contributed by atoms with Crippen LogP contribution >= 0.6 is 0 Å². The summed E-state index contributed by atoms with van der Waals surface area (Å²) in [5.41, 5.74) is 7.80. The van der Waals surface area contributed by atoms with Crippen molar-refractivity contribution in [3.05, 3.63) is 119 Å². The van der Waals surface area contributed by atoms with Crippen LogP contribution in [0.2, 0.25) is 0 Å². The van der Waals surface area contributed by atoms with E-state index in [1.807, 2.05) is 54.6 Å². The smallest absolute Gasteiger partial charge is 0.481 e. The molecule has 1 aliphatic rings. The number of aromatic nitrogens is 3. The molecule has 1 aliphatic heterocycles. The van der Waals surface area contributed by atoms with Gasteiger partial charge in [-0.2, -0.15) is 18.3 Å². The molecule has 2 aromatic heterocycles. The van der Waals surface area contributed by atoms with E-state index in [0.29, 0.717) is 41.5 Å². The number of nitrogens with zero attached hydrogens (tertiary/aromatic N) is 5. The Kier molecular flexibility index (Phi) is 18.6. The van der Waals surface area contributed by atoms with E-state index in [1.54, 1.807) is 48.5 Å². The summed E-state index contributed by atoms with van der Waals surface area (Å²) >= 11 is 0. The van der Waals surface area contributed by atoms with Crippen LogP contribution in [0.15, 0.2) is 96.2 Å². The minimum atomic E-state index is -5.08. The number of aromatic amines is 1. The first-order chi connectivity index (χ1) is 30.9. The van der Waals surface area contributed by atoms with Gasteiger partial charge in [-0.05, 0) is 66.4 Å². The maximum Gasteiger partial charge on any atom is 0.490 e. The van der Waals surface area contributed by atoms with Crippen LogP contribution in [0.1, 0.15) is 69.8 Å². The molecule has 344 valence electrons. The fourth-order valence-corrected chi connectivity index (χ4v) is 6.25. The van der Waals surface area contributed by atoms with Crippen LogP contribution in [0.5, 0.6) is 0 Å². The Morgan fingerprint density at radius 1 is 0.938 bits per heavy atom. The molecule has 0 spiro atoms. The Morgan fingerprint density at radius 2 is 1.60 bits per heavy atom. The molecule has 0 saturated carbocycles. The number of para-hydroxylation sites is 2. The summed E-state index contributed by atoms with van der Waals surface area (Å²) in [6, 6.07) is 25.1. The standard InChI is InChI=1S/C40H43N9O5.C2HF3O2.O3S/c1-48-25-30-21-28(15-17-31(30)44-34(40(48)54)22-37(50)51)39(53)49(26-36-45-32-13-7-8-14-33(32)46-36)20-10-3-2-9-19-41-38(52)29-16-18-35(42-24-29)47-43-23-27-11-5-4-6-12-27;3-2(4,5)1(6)7;1-4(2)3/h4-8,11-18,21,23-24,34,44H,2-3,9-10,19-20,22,25-26H2,1H3,(H,41,52)(H,42,47)(H,45,46)(H,50,51);(H,6,7);/b43-23+;;/t34-;;/m0../s1. The summed E-state index contributed by atoms with van der Waals surface area (Å²) in [6.07, 6.45) is 0.989. The quantitative estimate of drug-likeness (QED) is 0.0437. The van der Waals surface area contributed by atoms with Crippen LogP contribution in [-0.4, -0.2) is 116 Å². The second-order valence-electron chi connectivity index (χ2n) is 14.2. The summed E-state index contributed by atoms with van der Waals surface area (Å²) in [6.45, 7) is 1.51. The maximum atomic E-state index is 14.0. The monoisotopic (exact) mass is 923 g/mol. The molecular weight excluding hydrogens is 880 g/mol. The van der Waals surface area contributed by atoms with Gasteiger partial charge >= 0.3 is 28.7 Å². The molecular formula is C42H44F3N9O10S. The fraction of sp³-hybridized carbons (Fsp3) is 0.286. The zero-order valence-corrected chi connectivity index (χ0v) is 35.4. The number of carbonyl (C=O) groups is 5. The van der Waals surface area contributed by atoms with E-state index in [9.17, 15) is 37.5 Å². The summed E-state index contributed by atoms with van der Waals surface area (Å²) in [7, 11) is -1.49. The Bertz CT molecular complexity index is 2540. The highest BCUT2D eigenvalue weighted by Crippen LogP contribution is 2.26. The van der Waals surface area contributed by atoms with E-state index in [1.165, 1.54) is 11.1 Å². The van der Waals surface area contributed by atoms with Crippen molar-refractivity contribution in [3.8, 4) is 0 Å². The van der Waals surface area contributed by atoms with Gasteiger partial charge in [0, 0.05) is 44.1 Å². The third-order valence-corrected chi connectivity index (χ3v) is 9.31. The lowest BCUT2D eigenvalue weighted by molar-refractivity contribution is -0.192. The number of carbonyl (C=O) groups excluding carboxylic acids is 3. The molecule has 0 bridgehead atoms. The van der Waals surface area contributed by atoms with Crippen molar-refractivity contribution in [2.75, 3.05) is 30.9 Å². The largest absolute Gasteiger partial charge is 0.490 e. The van der Waals surface area contributed by atoms with Crippen molar-refractivity contribution in [1.82, 2.24) is 30.1 Å². The average molecular weight is 924 g/mol. The molecule has 3 amide bonds. The van der Waals surface area contributed by atoms with Gasteiger partial charge in [0.15, 0.2) is 0 Å². The number of hydrazone groups is 1. The number of fused-ring (bicyclic) bond motifs is 2. The molecule has 0 aliphatic carbocycles. The lowest BCUT2D eigenvalue weighted by Crippen LogP contribution is -2.39. The number of likely N-dealkylation sites (N-methyl/N-ethyl adjacent to an activating group) is 1. The number of halogens is 3. The number of imidazole rings is 1. The van der Waals surface area contributed by atoms with Gasteiger partial charge < -0.3 is 35.6 Å². The number of amides is 3. The lowest BCUT2D eigenvalue weighted by atomic mass is 10.1. The van der Waals surface area contributed by atoms with Gasteiger partial charge in [-0.3, -0.25) is 24.6 Å². The summed E-state index contributed by atoms with van der Waals surface area (Å²) in [5.74, 6) is -3.33. The number of nitrogens with one attached hydrogen (secondary N) is 4. The average Bonchev–Trinajstić information content (AvgIpc) is 3.63. The minimum Gasteiger partial charge on any atom is -0.481 e. The number of unbranched alkanes of at least 4 members (excludes halogenated alkanes) is 3. The number of hydrogen-bond acceptors (Lipinski definition) is 13. The summed E-state index contributed by atoms with van der Waals surface area (Å²) in [4.78, 5) is 75.4. The van der Waals surface area contributed by atoms with Crippen LogP contribution in [0.3, 0.4) is 0 Å². The zero-order valence-electron chi connectivity index (χ0n) is 34.6. The molecule has 0 saturated heterocycles. The molecule has 0 fully saturated rings. The summed E-state index contributed by atoms with van der Waals surface area (Å²) < 4.78 is 57.1. The molecule has 0 radical (unpaired) electrons. The van der Waals surface area contributed by atoms with Crippen LogP contribution in [0.4, 0.5) is 24.7 Å². The molecule has 3 heterocycles. The molecule has 65 heavy (non-hydrogen) atoms. The van der Waals surface area contributed by atoms with Crippen molar-refractivity contribution in [2.45, 2.75) is 57.4 Å². The lowest BCUT2D eigenvalue weighted by Gasteiger charge is -2.23. The number of rotatable bonds is 16. The van der Waals surface area contributed by atoms with E-state index in [2.05, 4.69) is 31.1 Å². The topological polar surface area (TPSA) is 274 Å². The van der Waals surface area contributed by atoms with Gasteiger partial charge in [-0.1, -0.05) is 55.3 Å². The molecule has 3 aromatic carbocycles. The first-order valence-electron chi connectivity index (χ1n) is 19.7. The normalized spacial score (nSPS) is 13.2. The van der Waals surface area contributed by atoms with Crippen molar-refractivity contribution in [1.29, 1.82) is 0 Å². The second-order valence-corrected chi connectivity index (χ2v) is 14.6. The van der Waals surface area contributed by atoms with E-state index in [0.717, 1.165) is 47.8 Å². The zero-order chi connectivity index (χ0) is 47.5. The van der Waals surface area contributed by atoms with Crippen LogP contribution in [0.25, 0.3) is 11.0 Å². The van der Waals surface area contributed by atoms with Gasteiger partial charge in [0.05, 0.1) is 35.8 Å². The molecule has 23 heteroatoms. The van der Waals surface area contributed by atoms with E-state index >= 15 is 0 Å². The maximum absolute atomic E-state index is 14.0. The Labute approximate surface area is 370 Å². The van der Waals surface area contributed by atoms with Gasteiger partial charge in [0.1, 0.15) is 17.7 Å². The minimum absolute atomic E-state index is 0.177. The van der Waals surface area contributed by atoms with Crippen molar-refractivity contribution >= 4 is 69.0 Å². The summed E-state index contributed by atoms with van der Waals surface area (Å²) in [5, 5.41) is 26.6. The van der Waals surface area contributed by atoms with E-state index in [4.69, 9.17) is 27.5 Å². The van der Waals surface area contributed by atoms with E-state index in [-0.39, 0.29) is 37.2 Å². The predicted octanol–water partition coefficient (Wildman–Crippen LogP) is 4.89. The first-order valence-corrected chi connectivity index (χ1v) is 20.7. The number of hydrogen-bond donors (Lipinski definition) is 6. The highest BCUT2D eigenvalue weighted by molar-refractivity contribution is 7.59. The van der Waals surface area contributed by atoms with Crippen LogP contribution in [0, 0.1) is 0 Å². The first kappa shape index (κ1) is 50.0. The Balaban J connectivity index is 0.000000750. The third kappa shape index (κ3) is 16.5. The predicted molar refractivity (Wildman–Crippen MR) is 229 cm³/mol. The highest BCUT2D eigenvalue weighted by Gasteiger charge is 2.38. The number of aliphatic carboxylic acids is 2. The number of anilines is 2. The number of H-pyrrole nitrogens is 1. The van der Waals surface area contributed by atoms with Crippen molar-refractivity contribution < 1.29 is 60.0 Å². The molecule has 1 atom stereocenters. The molecule has 0 unspecified atom stereocenters. The van der Waals surface area contributed by atoms with Crippen molar-refractivity contribution in [2.24, 2.45) is 5.10 Å². The highest BCUT2D eigenvalue weighted by atomic mass is 32.2. The number of carboxylic acid groups (broad SMARTS) is 2. The number of alkyl halides is 3. The molecule has 6 rings (SSSR count). The van der Waals surface area contributed by atoms with Crippen LogP contribution < -0.4 is 16.1 Å². The number of carboxylic acids is 2. The number of benzene rings is 3. The fourth-order valence-electron chi connectivity index (χ4n) is 6.25.